The molecule has 1 aromatic heterocycles. The van der Waals surface area contributed by atoms with Crippen molar-refractivity contribution in [1.82, 2.24) is 0 Å². The van der Waals surface area contributed by atoms with Crippen molar-refractivity contribution >= 4 is 33.8 Å². The summed E-state index contributed by atoms with van der Waals surface area (Å²) in [5, 5.41) is 3.37. The molecular formula is C15H16OS. The first-order valence-electron chi connectivity index (χ1n) is 5.97. The van der Waals surface area contributed by atoms with Crippen molar-refractivity contribution in [3.63, 3.8) is 0 Å². The maximum Gasteiger partial charge on any atom is 0.146 e. The molecule has 1 heterocycles. The standard InChI is InChI=1S/C15H16OS/c1-2-3-6-12(10-16)9-13-11-17-15-8-5-4-7-14(13)15/h4-5,7-11H,2-3,6H2,1H3/b12-9+. The fourth-order valence-electron chi connectivity index (χ4n) is 1.86. The summed E-state index contributed by atoms with van der Waals surface area (Å²) in [6.45, 7) is 2.14. The van der Waals surface area contributed by atoms with E-state index in [0.717, 1.165) is 31.1 Å². The Labute approximate surface area is 106 Å². The van der Waals surface area contributed by atoms with Crippen LogP contribution in [0.15, 0.2) is 35.2 Å². The topological polar surface area (TPSA) is 17.1 Å². The van der Waals surface area contributed by atoms with E-state index in [1.165, 1.54) is 15.6 Å². The molecule has 0 saturated carbocycles. The van der Waals surface area contributed by atoms with Crippen LogP contribution in [-0.4, -0.2) is 6.29 Å². The monoisotopic (exact) mass is 244 g/mol. The Morgan fingerprint density at radius 1 is 1.35 bits per heavy atom. The Bertz CT molecular complexity index is 537. The molecule has 0 aliphatic heterocycles. The van der Waals surface area contributed by atoms with Gasteiger partial charge in [0.1, 0.15) is 6.29 Å². The summed E-state index contributed by atoms with van der Waals surface area (Å²) in [6.07, 6.45) is 6.09. The van der Waals surface area contributed by atoms with Gasteiger partial charge in [-0.25, -0.2) is 0 Å². The second-order valence-electron chi connectivity index (χ2n) is 4.13. The second-order valence-corrected chi connectivity index (χ2v) is 5.04. The fraction of sp³-hybridized carbons (Fsp3) is 0.267. The van der Waals surface area contributed by atoms with Gasteiger partial charge >= 0.3 is 0 Å². The van der Waals surface area contributed by atoms with Crippen molar-refractivity contribution < 1.29 is 4.79 Å². The summed E-state index contributed by atoms with van der Waals surface area (Å²) >= 11 is 1.73. The smallest absolute Gasteiger partial charge is 0.146 e. The van der Waals surface area contributed by atoms with Crippen molar-refractivity contribution in [2.24, 2.45) is 0 Å². The van der Waals surface area contributed by atoms with Crippen molar-refractivity contribution in [3.05, 3.63) is 40.8 Å². The molecule has 0 bridgehead atoms. The highest BCUT2D eigenvalue weighted by Gasteiger charge is 2.02. The number of unbranched alkanes of at least 4 members (excludes halogenated alkanes) is 1. The molecule has 17 heavy (non-hydrogen) atoms. The minimum Gasteiger partial charge on any atom is -0.298 e. The highest BCUT2D eigenvalue weighted by atomic mass is 32.1. The largest absolute Gasteiger partial charge is 0.298 e. The molecule has 2 aromatic rings. The SMILES string of the molecule is CCCC/C(C=O)=C\c1csc2ccccc12. The number of carbonyl (C=O) groups excluding carboxylic acids is 1. The molecule has 0 aliphatic rings. The van der Waals surface area contributed by atoms with Crippen LogP contribution in [-0.2, 0) is 4.79 Å². The number of hydrogen-bond acceptors (Lipinski definition) is 2. The molecule has 88 valence electrons. The number of hydrogen-bond donors (Lipinski definition) is 0. The molecule has 0 aliphatic carbocycles. The lowest BCUT2D eigenvalue weighted by atomic mass is 10.1. The van der Waals surface area contributed by atoms with Crippen molar-refractivity contribution in [1.29, 1.82) is 0 Å². The van der Waals surface area contributed by atoms with Gasteiger partial charge < -0.3 is 0 Å². The Morgan fingerprint density at radius 2 is 2.18 bits per heavy atom. The first-order valence-corrected chi connectivity index (χ1v) is 6.85. The Kier molecular flexibility index (Phi) is 4.10. The zero-order valence-electron chi connectivity index (χ0n) is 9.98. The normalized spacial score (nSPS) is 11.9. The van der Waals surface area contributed by atoms with Crippen LogP contribution in [0.2, 0.25) is 0 Å². The Hall–Kier alpha value is -1.41. The number of aldehydes is 1. The van der Waals surface area contributed by atoms with E-state index in [4.69, 9.17) is 0 Å². The predicted octanol–water partition coefficient (Wildman–Crippen LogP) is 4.67. The molecule has 1 aromatic carbocycles. The highest BCUT2D eigenvalue weighted by molar-refractivity contribution is 7.17. The zero-order valence-corrected chi connectivity index (χ0v) is 10.8. The van der Waals surface area contributed by atoms with Gasteiger partial charge in [-0.15, -0.1) is 11.3 Å². The molecule has 0 spiro atoms. The predicted molar refractivity (Wildman–Crippen MR) is 75.4 cm³/mol. The zero-order chi connectivity index (χ0) is 12.1. The fourth-order valence-corrected chi connectivity index (χ4v) is 2.77. The number of rotatable bonds is 5. The summed E-state index contributed by atoms with van der Waals surface area (Å²) in [5.41, 5.74) is 2.07. The third kappa shape index (κ3) is 2.83. The maximum absolute atomic E-state index is 11.0. The van der Waals surface area contributed by atoms with Crippen LogP contribution in [0.25, 0.3) is 16.2 Å². The molecule has 1 nitrogen and oxygen atoms in total. The van der Waals surface area contributed by atoms with E-state index in [0.29, 0.717) is 0 Å². The summed E-state index contributed by atoms with van der Waals surface area (Å²) in [6, 6.07) is 8.31. The number of fused-ring (bicyclic) bond motifs is 1. The number of thiophene rings is 1. The van der Waals surface area contributed by atoms with Gasteiger partial charge in [-0.3, -0.25) is 4.79 Å². The molecule has 0 atom stereocenters. The minimum atomic E-state index is 0.879. The van der Waals surface area contributed by atoms with E-state index in [9.17, 15) is 4.79 Å². The molecule has 0 fully saturated rings. The van der Waals surface area contributed by atoms with E-state index in [1.54, 1.807) is 11.3 Å². The third-order valence-electron chi connectivity index (χ3n) is 2.82. The Balaban J connectivity index is 2.32. The molecule has 2 heteroatoms. The van der Waals surface area contributed by atoms with Crippen LogP contribution < -0.4 is 0 Å². The van der Waals surface area contributed by atoms with Crippen LogP contribution >= 0.6 is 11.3 Å². The molecule has 0 radical (unpaired) electrons. The average Bonchev–Trinajstić information content (AvgIpc) is 2.78. The van der Waals surface area contributed by atoms with Crippen LogP contribution in [0.3, 0.4) is 0 Å². The molecule has 2 rings (SSSR count). The van der Waals surface area contributed by atoms with Gasteiger partial charge in [0.05, 0.1) is 0 Å². The van der Waals surface area contributed by atoms with Gasteiger partial charge in [0.25, 0.3) is 0 Å². The maximum atomic E-state index is 11.0. The van der Waals surface area contributed by atoms with Gasteiger partial charge in [-0.1, -0.05) is 31.5 Å². The number of carbonyl (C=O) groups is 1. The first kappa shape index (κ1) is 12.1. The second kappa shape index (κ2) is 5.78. The molecule has 0 saturated heterocycles. The summed E-state index contributed by atoms with van der Waals surface area (Å²) in [4.78, 5) is 11.0. The molecular weight excluding hydrogens is 228 g/mol. The lowest BCUT2D eigenvalue weighted by molar-refractivity contribution is -0.105. The average molecular weight is 244 g/mol. The summed E-state index contributed by atoms with van der Waals surface area (Å²) < 4.78 is 1.28. The van der Waals surface area contributed by atoms with Crippen molar-refractivity contribution in [2.45, 2.75) is 26.2 Å². The van der Waals surface area contributed by atoms with Crippen molar-refractivity contribution in [2.75, 3.05) is 0 Å². The van der Waals surface area contributed by atoms with E-state index in [1.807, 2.05) is 18.2 Å². The van der Waals surface area contributed by atoms with Crippen LogP contribution in [0, 0.1) is 0 Å². The van der Waals surface area contributed by atoms with E-state index in [2.05, 4.69) is 24.4 Å². The van der Waals surface area contributed by atoms with E-state index < -0.39 is 0 Å². The van der Waals surface area contributed by atoms with Gasteiger partial charge in [0, 0.05) is 4.70 Å². The van der Waals surface area contributed by atoms with Gasteiger partial charge in [-0.05, 0) is 46.9 Å². The molecule has 0 unspecified atom stereocenters. The van der Waals surface area contributed by atoms with Crippen LogP contribution in [0.5, 0.6) is 0 Å². The van der Waals surface area contributed by atoms with Crippen LogP contribution in [0.1, 0.15) is 31.7 Å². The van der Waals surface area contributed by atoms with Crippen molar-refractivity contribution in [3.8, 4) is 0 Å². The highest BCUT2D eigenvalue weighted by Crippen LogP contribution is 2.27. The van der Waals surface area contributed by atoms with Gasteiger partial charge in [-0.2, -0.15) is 0 Å². The van der Waals surface area contributed by atoms with E-state index in [-0.39, 0.29) is 0 Å². The molecule has 0 N–H and O–H groups in total. The lowest BCUT2D eigenvalue weighted by Gasteiger charge is -1.98. The number of allylic oxidation sites excluding steroid dienone is 1. The third-order valence-corrected chi connectivity index (χ3v) is 3.80. The number of benzene rings is 1. The summed E-state index contributed by atoms with van der Waals surface area (Å²) in [7, 11) is 0. The first-order chi connectivity index (χ1) is 8.35. The van der Waals surface area contributed by atoms with Gasteiger partial charge in [0.2, 0.25) is 0 Å². The van der Waals surface area contributed by atoms with Crippen LogP contribution in [0.4, 0.5) is 0 Å². The lowest BCUT2D eigenvalue weighted by Crippen LogP contribution is -1.85. The van der Waals surface area contributed by atoms with E-state index >= 15 is 0 Å². The molecule has 0 amide bonds. The summed E-state index contributed by atoms with van der Waals surface area (Å²) in [5.74, 6) is 0. The minimum absolute atomic E-state index is 0.879. The van der Waals surface area contributed by atoms with Gasteiger partial charge in [0.15, 0.2) is 0 Å². The Morgan fingerprint density at radius 3 is 2.94 bits per heavy atom. The quantitative estimate of drug-likeness (QED) is 0.551.